The van der Waals surface area contributed by atoms with Crippen LogP contribution in [0, 0.1) is 10.1 Å². The summed E-state index contributed by atoms with van der Waals surface area (Å²) >= 11 is 5.91. The molecule has 0 heterocycles. The van der Waals surface area contributed by atoms with Gasteiger partial charge < -0.3 is 10.5 Å². The number of methoxy groups -OCH3 is 1. The third-order valence-corrected chi connectivity index (χ3v) is 3.16. The number of benzene rings is 2. The lowest BCUT2D eigenvalue weighted by Gasteiger charge is -2.11. The van der Waals surface area contributed by atoms with Gasteiger partial charge in [0.2, 0.25) is 5.91 Å². The van der Waals surface area contributed by atoms with Crippen LogP contribution in [0.15, 0.2) is 36.4 Å². The van der Waals surface area contributed by atoms with Crippen LogP contribution in [0.3, 0.4) is 0 Å². The predicted octanol–water partition coefficient (Wildman–Crippen LogP) is 3.02. The fraction of sp³-hybridized carbons (Fsp3) is 0.0714. The lowest BCUT2D eigenvalue weighted by molar-refractivity contribution is -0.385. The molecule has 6 nitrogen and oxygen atoms in total. The zero-order chi connectivity index (χ0) is 15.6. The molecule has 0 radical (unpaired) electrons. The molecule has 1 amide bonds. The Kier molecular flexibility index (Phi) is 4.09. The Morgan fingerprint density at radius 2 is 2.05 bits per heavy atom. The van der Waals surface area contributed by atoms with Gasteiger partial charge in [0.1, 0.15) is 0 Å². The highest BCUT2D eigenvalue weighted by Crippen LogP contribution is 2.40. The van der Waals surface area contributed by atoms with Crippen molar-refractivity contribution in [2.24, 2.45) is 5.73 Å². The van der Waals surface area contributed by atoms with E-state index >= 15 is 0 Å². The third-order valence-electron chi connectivity index (χ3n) is 2.92. The Morgan fingerprint density at radius 3 is 2.57 bits per heavy atom. The zero-order valence-corrected chi connectivity index (χ0v) is 11.8. The number of amides is 1. The first kappa shape index (κ1) is 14.8. The molecule has 0 bridgehead atoms. The normalized spacial score (nSPS) is 10.2. The van der Waals surface area contributed by atoms with Crippen LogP contribution in [0.25, 0.3) is 11.1 Å². The molecule has 2 aromatic carbocycles. The van der Waals surface area contributed by atoms with E-state index in [1.54, 1.807) is 18.2 Å². The van der Waals surface area contributed by atoms with Gasteiger partial charge in [-0.05, 0) is 29.8 Å². The molecule has 0 aromatic heterocycles. The topological polar surface area (TPSA) is 95.5 Å². The van der Waals surface area contributed by atoms with Gasteiger partial charge in [-0.1, -0.05) is 23.7 Å². The van der Waals surface area contributed by atoms with Crippen LogP contribution in [-0.2, 0) is 0 Å². The first-order chi connectivity index (χ1) is 9.95. The van der Waals surface area contributed by atoms with Crippen molar-refractivity contribution in [1.29, 1.82) is 0 Å². The second-order valence-corrected chi connectivity index (χ2v) is 4.61. The molecule has 0 aliphatic carbocycles. The number of nitrogens with zero attached hydrogens (tertiary/aromatic N) is 1. The van der Waals surface area contributed by atoms with Crippen LogP contribution >= 0.6 is 11.6 Å². The standard InChI is InChI=1S/C14H11ClN2O4/c1-21-11-6-5-10(14(16)18)12(13(11)17(19)20)8-3-2-4-9(15)7-8/h2-7H,1H3,(H2,16,18). The van der Waals surface area contributed by atoms with Gasteiger partial charge >= 0.3 is 5.69 Å². The van der Waals surface area contributed by atoms with Gasteiger partial charge in [0.05, 0.1) is 23.2 Å². The summed E-state index contributed by atoms with van der Waals surface area (Å²) in [6.07, 6.45) is 0. The number of nitrogens with two attached hydrogens (primary N) is 1. The summed E-state index contributed by atoms with van der Waals surface area (Å²) in [6, 6.07) is 9.12. The van der Waals surface area contributed by atoms with Crippen LogP contribution in [0.4, 0.5) is 5.69 Å². The van der Waals surface area contributed by atoms with Crippen LogP contribution in [0.1, 0.15) is 10.4 Å². The minimum absolute atomic E-state index is 0.0322. The SMILES string of the molecule is COc1ccc(C(N)=O)c(-c2cccc(Cl)c2)c1[N+](=O)[O-]. The van der Waals surface area contributed by atoms with E-state index < -0.39 is 10.8 Å². The molecule has 2 N–H and O–H groups in total. The van der Waals surface area contributed by atoms with Crippen LogP contribution < -0.4 is 10.5 Å². The number of nitro benzene ring substituents is 1. The number of hydrogen-bond donors (Lipinski definition) is 1. The lowest BCUT2D eigenvalue weighted by atomic mass is 9.96. The molecule has 0 aliphatic rings. The molecule has 21 heavy (non-hydrogen) atoms. The number of carbonyl (C=O) groups is 1. The third kappa shape index (κ3) is 2.80. The van der Waals surface area contributed by atoms with E-state index in [4.69, 9.17) is 22.1 Å². The van der Waals surface area contributed by atoms with Crippen LogP contribution in [-0.4, -0.2) is 17.9 Å². The number of primary amides is 1. The summed E-state index contributed by atoms with van der Waals surface area (Å²) in [6.45, 7) is 0. The maximum atomic E-state index is 11.6. The number of hydrogen-bond acceptors (Lipinski definition) is 4. The van der Waals surface area contributed by atoms with E-state index in [0.717, 1.165) is 0 Å². The first-order valence-electron chi connectivity index (χ1n) is 5.86. The van der Waals surface area contributed by atoms with Crippen molar-refractivity contribution in [2.45, 2.75) is 0 Å². The molecule has 0 atom stereocenters. The quantitative estimate of drug-likeness (QED) is 0.693. The van der Waals surface area contributed by atoms with E-state index in [9.17, 15) is 14.9 Å². The molecule has 7 heteroatoms. The van der Waals surface area contributed by atoms with Gasteiger partial charge in [0, 0.05) is 5.02 Å². The van der Waals surface area contributed by atoms with Crippen molar-refractivity contribution in [3.05, 3.63) is 57.1 Å². The van der Waals surface area contributed by atoms with E-state index in [2.05, 4.69) is 0 Å². The smallest absolute Gasteiger partial charge is 0.319 e. The molecular weight excluding hydrogens is 296 g/mol. The van der Waals surface area contributed by atoms with Gasteiger partial charge in [-0.2, -0.15) is 0 Å². The molecule has 0 saturated heterocycles. The summed E-state index contributed by atoms with van der Waals surface area (Å²) in [5.41, 5.74) is 5.53. The second kappa shape index (κ2) is 5.80. The van der Waals surface area contributed by atoms with Crippen molar-refractivity contribution in [1.82, 2.24) is 0 Å². The average molecular weight is 307 g/mol. The summed E-state index contributed by atoms with van der Waals surface area (Å²) in [7, 11) is 1.31. The van der Waals surface area contributed by atoms with Gasteiger partial charge in [-0.25, -0.2) is 0 Å². The Bertz CT molecular complexity index is 731. The van der Waals surface area contributed by atoms with Crippen molar-refractivity contribution in [3.8, 4) is 16.9 Å². The number of carbonyl (C=O) groups excluding carboxylic acids is 1. The predicted molar refractivity (Wildman–Crippen MR) is 78.6 cm³/mol. The minimum atomic E-state index is -0.768. The Balaban J connectivity index is 2.88. The van der Waals surface area contributed by atoms with Gasteiger partial charge in [0.15, 0.2) is 5.75 Å². The molecule has 108 valence electrons. The summed E-state index contributed by atoms with van der Waals surface area (Å²) in [5, 5.41) is 11.8. The summed E-state index contributed by atoms with van der Waals surface area (Å²) in [4.78, 5) is 22.3. The fourth-order valence-corrected chi connectivity index (χ4v) is 2.25. The summed E-state index contributed by atoms with van der Waals surface area (Å²) < 4.78 is 5.01. The van der Waals surface area contributed by atoms with Crippen molar-refractivity contribution in [2.75, 3.05) is 7.11 Å². The maximum absolute atomic E-state index is 11.6. The van der Waals surface area contributed by atoms with Crippen molar-refractivity contribution in [3.63, 3.8) is 0 Å². The zero-order valence-electron chi connectivity index (χ0n) is 11.0. The molecule has 2 rings (SSSR count). The number of rotatable bonds is 4. The van der Waals surface area contributed by atoms with Gasteiger partial charge in [-0.15, -0.1) is 0 Å². The van der Waals surface area contributed by atoms with Crippen LogP contribution in [0.5, 0.6) is 5.75 Å². The molecule has 2 aromatic rings. The van der Waals surface area contributed by atoms with Gasteiger partial charge in [-0.3, -0.25) is 14.9 Å². The molecule has 0 fully saturated rings. The van der Waals surface area contributed by atoms with E-state index in [0.29, 0.717) is 10.6 Å². The minimum Gasteiger partial charge on any atom is -0.490 e. The molecule has 0 saturated carbocycles. The number of nitro groups is 1. The number of halogens is 1. The highest BCUT2D eigenvalue weighted by Gasteiger charge is 2.27. The molecule has 0 spiro atoms. The largest absolute Gasteiger partial charge is 0.490 e. The number of ether oxygens (including phenoxy) is 1. The second-order valence-electron chi connectivity index (χ2n) is 4.17. The lowest BCUT2D eigenvalue weighted by Crippen LogP contribution is -2.13. The van der Waals surface area contributed by atoms with Crippen molar-refractivity contribution < 1.29 is 14.5 Å². The maximum Gasteiger partial charge on any atom is 0.319 e. The molecule has 0 aliphatic heterocycles. The molecular formula is C14H11ClN2O4. The van der Waals surface area contributed by atoms with E-state index in [-0.39, 0.29) is 22.6 Å². The monoisotopic (exact) mass is 306 g/mol. The van der Waals surface area contributed by atoms with E-state index in [1.165, 1.54) is 25.3 Å². The fourth-order valence-electron chi connectivity index (χ4n) is 2.06. The first-order valence-corrected chi connectivity index (χ1v) is 6.24. The Hall–Kier alpha value is -2.60. The Morgan fingerprint density at radius 1 is 1.33 bits per heavy atom. The summed E-state index contributed by atoms with van der Waals surface area (Å²) in [5.74, 6) is -0.726. The highest BCUT2D eigenvalue weighted by molar-refractivity contribution is 6.31. The highest BCUT2D eigenvalue weighted by atomic mass is 35.5. The average Bonchev–Trinajstić information content (AvgIpc) is 2.45. The van der Waals surface area contributed by atoms with E-state index in [1.807, 2.05) is 0 Å². The Labute approximate surface area is 125 Å². The van der Waals surface area contributed by atoms with Gasteiger partial charge in [0.25, 0.3) is 0 Å². The van der Waals surface area contributed by atoms with Crippen LogP contribution in [0.2, 0.25) is 5.02 Å². The molecule has 0 unspecified atom stereocenters. The van der Waals surface area contributed by atoms with Crippen molar-refractivity contribution >= 4 is 23.2 Å².